The highest BCUT2D eigenvalue weighted by Crippen LogP contribution is 2.30. The van der Waals surface area contributed by atoms with Crippen molar-refractivity contribution in [3.63, 3.8) is 0 Å². The zero-order chi connectivity index (χ0) is 14.0. The highest BCUT2D eigenvalue weighted by Gasteiger charge is 2.21. The Balaban J connectivity index is 2.44. The number of nitrogens with one attached hydrogen (secondary N) is 1. The van der Waals surface area contributed by atoms with Crippen molar-refractivity contribution in [3.05, 3.63) is 44.0 Å². The van der Waals surface area contributed by atoms with Crippen LogP contribution in [0.25, 0.3) is 0 Å². The van der Waals surface area contributed by atoms with Crippen LogP contribution < -0.4 is 11.1 Å². The van der Waals surface area contributed by atoms with E-state index in [-0.39, 0.29) is 11.6 Å². The molecule has 2 rings (SSSR count). The number of rotatable bonds is 3. The highest BCUT2D eigenvalue weighted by atomic mass is 127. The number of nitrogen functional groups attached to an aromatic ring is 1. The molecule has 0 saturated carbocycles. The third kappa shape index (κ3) is 2.86. The van der Waals surface area contributed by atoms with Gasteiger partial charge in [0.25, 0.3) is 0 Å². The Morgan fingerprint density at radius 3 is 2.79 bits per heavy atom. The van der Waals surface area contributed by atoms with Crippen molar-refractivity contribution in [2.75, 3.05) is 11.1 Å². The minimum atomic E-state index is -0.673. The van der Waals surface area contributed by atoms with Crippen LogP contribution in [-0.4, -0.2) is 14.9 Å². The predicted molar refractivity (Wildman–Crippen MR) is 75.5 cm³/mol. The maximum absolute atomic E-state index is 13.0. The Labute approximate surface area is 120 Å². The van der Waals surface area contributed by atoms with Crippen molar-refractivity contribution in [1.29, 1.82) is 0 Å². The number of halogens is 2. The molecule has 2 aromatic rings. The van der Waals surface area contributed by atoms with Gasteiger partial charge >= 0.3 is 5.69 Å². The van der Waals surface area contributed by atoms with Gasteiger partial charge in [0, 0.05) is 3.57 Å². The molecule has 0 saturated heterocycles. The fourth-order valence-electron chi connectivity index (χ4n) is 1.38. The summed E-state index contributed by atoms with van der Waals surface area (Å²) in [6, 6.07) is 3.99. The predicted octanol–water partition coefficient (Wildman–Crippen LogP) is 2.45. The number of nitrogens with zero attached hydrogens (tertiary/aromatic N) is 3. The van der Waals surface area contributed by atoms with Gasteiger partial charge in [-0.2, -0.15) is 0 Å². The number of aromatic nitrogens is 2. The van der Waals surface area contributed by atoms with Crippen molar-refractivity contribution in [3.8, 4) is 0 Å². The summed E-state index contributed by atoms with van der Waals surface area (Å²) in [7, 11) is 0. The molecule has 0 atom stereocenters. The lowest BCUT2D eigenvalue weighted by Crippen LogP contribution is -2.05. The first kappa shape index (κ1) is 13.4. The van der Waals surface area contributed by atoms with E-state index in [2.05, 4.69) is 15.3 Å². The third-order valence-corrected chi connectivity index (χ3v) is 3.11. The molecular weight excluding hydrogens is 368 g/mol. The Morgan fingerprint density at radius 1 is 1.42 bits per heavy atom. The second-order valence-corrected chi connectivity index (χ2v) is 4.62. The molecule has 1 heterocycles. The van der Waals surface area contributed by atoms with E-state index < -0.39 is 16.4 Å². The average Bonchev–Trinajstić information content (AvgIpc) is 2.32. The SMILES string of the molecule is Nc1ncnc(Nc2ccc(F)cc2I)c1[N+](=O)[O-]. The highest BCUT2D eigenvalue weighted by molar-refractivity contribution is 14.1. The lowest BCUT2D eigenvalue weighted by Gasteiger charge is -2.08. The van der Waals surface area contributed by atoms with Crippen molar-refractivity contribution in [2.24, 2.45) is 0 Å². The summed E-state index contributed by atoms with van der Waals surface area (Å²) in [5.74, 6) is -0.673. The van der Waals surface area contributed by atoms with E-state index in [1.54, 1.807) is 0 Å². The van der Waals surface area contributed by atoms with E-state index >= 15 is 0 Å². The first-order valence-electron chi connectivity index (χ1n) is 4.96. The summed E-state index contributed by atoms with van der Waals surface area (Å²) in [6.07, 6.45) is 1.11. The molecule has 0 aliphatic rings. The number of hydrogen-bond acceptors (Lipinski definition) is 6. The van der Waals surface area contributed by atoms with Gasteiger partial charge in [-0.15, -0.1) is 0 Å². The molecule has 9 heteroatoms. The molecule has 3 N–H and O–H groups in total. The first-order chi connectivity index (χ1) is 8.99. The first-order valence-corrected chi connectivity index (χ1v) is 6.04. The van der Waals surface area contributed by atoms with Crippen LogP contribution in [0, 0.1) is 19.5 Å². The fraction of sp³-hybridized carbons (Fsp3) is 0. The second kappa shape index (κ2) is 5.30. The van der Waals surface area contributed by atoms with Crippen LogP contribution in [0.3, 0.4) is 0 Å². The molecular formula is C10H7FIN5O2. The van der Waals surface area contributed by atoms with Gasteiger partial charge in [-0.3, -0.25) is 10.1 Å². The van der Waals surface area contributed by atoms with Gasteiger partial charge in [-0.1, -0.05) is 0 Å². The minimum Gasteiger partial charge on any atom is -0.378 e. The molecule has 0 spiro atoms. The number of anilines is 3. The largest absolute Gasteiger partial charge is 0.378 e. The van der Waals surface area contributed by atoms with E-state index in [4.69, 9.17) is 5.73 Å². The third-order valence-electron chi connectivity index (χ3n) is 2.22. The van der Waals surface area contributed by atoms with Crippen LogP contribution >= 0.6 is 22.6 Å². The Kier molecular flexibility index (Phi) is 3.74. The fourth-order valence-corrected chi connectivity index (χ4v) is 1.99. The van der Waals surface area contributed by atoms with Crippen molar-refractivity contribution in [1.82, 2.24) is 9.97 Å². The summed E-state index contributed by atoms with van der Waals surface area (Å²) in [5.41, 5.74) is 5.52. The van der Waals surface area contributed by atoms with Crippen LogP contribution in [0.15, 0.2) is 24.5 Å². The van der Waals surface area contributed by atoms with Crippen molar-refractivity contribution >= 4 is 45.6 Å². The second-order valence-electron chi connectivity index (χ2n) is 3.46. The summed E-state index contributed by atoms with van der Waals surface area (Å²) < 4.78 is 13.5. The van der Waals surface area contributed by atoms with Gasteiger partial charge in [-0.05, 0) is 40.8 Å². The zero-order valence-corrected chi connectivity index (χ0v) is 11.5. The number of nitrogens with two attached hydrogens (primary N) is 1. The van der Waals surface area contributed by atoms with Crippen LogP contribution in [0.2, 0.25) is 0 Å². The summed E-state index contributed by atoms with van der Waals surface area (Å²) >= 11 is 1.90. The lowest BCUT2D eigenvalue weighted by atomic mass is 10.3. The molecule has 0 radical (unpaired) electrons. The molecule has 0 aliphatic heterocycles. The quantitative estimate of drug-likeness (QED) is 0.485. The summed E-state index contributed by atoms with van der Waals surface area (Å²) in [6.45, 7) is 0. The molecule has 7 nitrogen and oxygen atoms in total. The number of hydrogen-bond donors (Lipinski definition) is 2. The minimum absolute atomic E-state index is 0.0398. The molecule has 19 heavy (non-hydrogen) atoms. The monoisotopic (exact) mass is 375 g/mol. The van der Waals surface area contributed by atoms with Crippen molar-refractivity contribution < 1.29 is 9.31 Å². The molecule has 0 bridgehead atoms. The Morgan fingerprint density at radius 2 is 2.16 bits per heavy atom. The smallest absolute Gasteiger partial charge is 0.353 e. The van der Waals surface area contributed by atoms with Gasteiger partial charge in [0.05, 0.1) is 10.6 Å². The van der Waals surface area contributed by atoms with Crippen LogP contribution in [0.1, 0.15) is 0 Å². The summed E-state index contributed by atoms with van der Waals surface area (Å²) in [4.78, 5) is 17.6. The molecule has 0 amide bonds. The maximum Gasteiger partial charge on any atom is 0.353 e. The number of nitro groups is 1. The molecule has 0 unspecified atom stereocenters. The van der Waals surface area contributed by atoms with Gasteiger partial charge < -0.3 is 11.1 Å². The zero-order valence-electron chi connectivity index (χ0n) is 9.30. The van der Waals surface area contributed by atoms with Gasteiger partial charge in [0.1, 0.15) is 12.1 Å². The van der Waals surface area contributed by atoms with E-state index in [0.29, 0.717) is 9.26 Å². The Hall–Kier alpha value is -2.04. The topological polar surface area (TPSA) is 107 Å². The Bertz CT molecular complexity index is 652. The maximum atomic E-state index is 13.0. The molecule has 0 fully saturated rings. The van der Waals surface area contributed by atoms with Gasteiger partial charge in [0.15, 0.2) is 0 Å². The standard InChI is InChI=1S/C10H7FIN5O2/c11-5-1-2-7(6(12)3-5)16-10-8(17(18)19)9(13)14-4-15-10/h1-4H,(H3,13,14,15,16). The van der Waals surface area contributed by atoms with E-state index in [1.807, 2.05) is 22.6 Å². The van der Waals surface area contributed by atoms with Gasteiger partial charge in [-0.25, -0.2) is 14.4 Å². The average molecular weight is 375 g/mol. The summed E-state index contributed by atoms with van der Waals surface area (Å²) in [5, 5.41) is 13.7. The lowest BCUT2D eigenvalue weighted by molar-refractivity contribution is -0.383. The van der Waals surface area contributed by atoms with Gasteiger partial charge in [0.2, 0.25) is 11.6 Å². The molecule has 98 valence electrons. The molecule has 1 aromatic carbocycles. The van der Waals surface area contributed by atoms with Crippen LogP contribution in [-0.2, 0) is 0 Å². The van der Waals surface area contributed by atoms with E-state index in [1.165, 1.54) is 18.2 Å². The van der Waals surface area contributed by atoms with Crippen molar-refractivity contribution in [2.45, 2.75) is 0 Å². The number of benzene rings is 1. The van der Waals surface area contributed by atoms with E-state index in [0.717, 1.165) is 6.33 Å². The molecule has 1 aromatic heterocycles. The molecule has 0 aliphatic carbocycles. The van der Waals surface area contributed by atoms with Crippen LogP contribution in [0.4, 0.5) is 27.4 Å². The normalized spacial score (nSPS) is 10.2. The van der Waals surface area contributed by atoms with Crippen LogP contribution in [0.5, 0.6) is 0 Å². The van der Waals surface area contributed by atoms with E-state index in [9.17, 15) is 14.5 Å².